The Morgan fingerprint density at radius 3 is 2.53 bits per heavy atom. The Morgan fingerprint density at radius 1 is 1.13 bits per heavy atom. The zero-order valence-corrected chi connectivity index (χ0v) is 23.0. The van der Waals surface area contributed by atoms with Gasteiger partial charge >= 0.3 is 0 Å². The highest BCUT2D eigenvalue weighted by atomic mass is 32.2. The average Bonchev–Trinajstić information content (AvgIpc) is 3.14. The molecule has 3 aromatic rings. The van der Waals surface area contributed by atoms with Gasteiger partial charge in [-0.05, 0) is 63.8 Å². The molecule has 2 saturated carbocycles. The number of nitrogens with zero attached hydrogens (tertiary/aromatic N) is 1. The molecule has 2 aliphatic rings. The summed E-state index contributed by atoms with van der Waals surface area (Å²) < 4.78 is 28.6. The fourth-order valence-electron chi connectivity index (χ4n) is 6.13. The van der Waals surface area contributed by atoms with Crippen LogP contribution in [0.15, 0.2) is 40.0 Å². The first-order valence-electron chi connectivity index (χ1n) is 13.4. The van der Waals surface area contributed by atoms with E-state index in [1.807, 2.05) is 44.4 Å². The van der Waals surface area contributed by atoms with E-state index >= 15 is 0 Å². The van der Waals surface area contributed by atoms with Gasteiger partial charge in [-0.1, -0.05) is 18.2 Å². The predicted octanol–water partition coefficient (Wildman–Crippen LogP) is 5.54. The molecule has 0 spiro atoms. The van der Waals surface area contributed by atoms with E-state index in [0.29, 0.717) is 23.1 Å². The summed E-state index contributed by atoms with van der Waals surface area (Å²) in [7, 11) is 0. The molecule has 6 nitrogen and oxygen atoms in total. The lowest BCUT2D eigenvalue weighted by molar-refractivity contribution is -0.0956. The van der Waals surface area contributed by atoms with Gasteiger partial charge in [0.05, 0.1) is 5.56 Å². The number of carbonyl (C=O) groups excluding carboxylic acids is 1. The van der Waals surface area contributed by atoms with Gasteiger partial charge in [-0.15, -0.1) is 11.8 Å². The molecule has 0 bridgehead atoms. The van der Waals surface area contributed by atoms with Crippen LogP contribution in [0.3, 0.4) is 0 Å². The van der Waals surface area contributed by atoms with E-state index < -0.39 is 5.92 Å². The fraction of sp³-hybridized carbons (Fsp3) is 0.517. The molecule has 2 fully saturated rings. The minimum atomic E-state index is -2.49. The number of hydrogen-bond donors (Lipinski definition) is 3. The highest BCUT2D eigenvalue weighted by molar-refractivity contribution is 7.98. The van der Waals surface area contributed by atoms with Crippen LogP contribution in [0, 0.1) is 19.8 Å². The second kappa shape index (κ2) is 10.8. The number of thioether (sulfide) groups is 1. The summed E-state index contributed by atoms with van der Waals surface area (Å²) >= 11 is 1.49. The third-order valence-corrected chi connectivity index (χ3v) is 8.99. The van der Waals surface area contributed by atoms with Gasteiger partial charge in [0.25, 0.3) is 17.4 Å². The molecule has 0 aliphatic heterocycles. The first-order chi connectivity index (χ1) is 18.1. The number of fused-ring (bicyclic) bond motifs is 1. The van der Waals surface area contributed by atoms with E-state index in [2.05, 4.69) is 26.3 Å². The quantitative estimate of drug-likeness (QED) is 0.327. The summed E-state index contributed by atoms with van der Waals surface area (Å²) in [5.74, 6) is -2.20. The lowest BCUT2D eigenvalue weighted by Crippen LogP contribution is -2.52. The minimum Gasteiger partial charge on any atom is -0.348 e. The number of alkyl halides is 2. The molecule has 0 saturated heterocycles. The van der Waals surface area contributed by atoms with Crippen LogP contribution in [-0.4, -0.2) is 39.7 Å². The number of carbonyl (C=O) groups is 1. The molecule has 1 aromatic carbocycles. The number of aryl methyl sites for hydroxylation is 1. The molecule has 204 valence electrons. The first kappa shape index (κ1) is 26.9. The topological polar surface area (TPSA) is 78.9 Å². The van der Waals surface area contributed by atoms with E-state index in [9.17, 15) is 18.4 Å². The SMILES string of the molecule is CSc1cc(C)[nH]c(=O)c1CNC(=O)c1c(C)n(C[C@H]2CC[C@@H](NC3CC(F)(F)C3)CC2)c2ccccc12. The van der Waals surface area contributed by atoms with Crippen molar-refractivity contribution in [3.05, 3.63) is 63.2 Å². The number of hydrogen-bond acceptors (Lipinski definition) is 4. The highest BCUT2D eigenvalue weighted by Crippen LogP contribution is 2.39. The van der Waals surface area contributed by atoms with Gasteiger partial charge in [0.1, 0.15) is 0 Å². The summed E-state index contributed by atoms with van der Waals surface area (Å²) in [6.07, 6.45) is 5.88. The number of aromatic amines is 1. The number of benzene rings is 1. The third-order valence-electron chi connectivity index (χ3n) is 8.18. The molecule has 38 heavy (non-hydrogen) atoms. The standard InChI is InChI=1S/C29H36F2N4O2S/c1-17-12-25(38-3)23(27(36)33-17)15-32-28(37)26-18(2)35(24-7-5-4-6-22(24)26)16-19-8-10-20(11-9-19)34-21-13-29(30,31)14-21/h4-7,12,19-21,34H,8-11,13-16H2,1-3H3,(H,32,37)(H,33,36)/t19-,20+. The molecule has 5 rings (SSSR count). The maximum Gasteiger partial charge on any atom is 0.254 e. The van der Waals surface area contributed by atoms with Gasteiger partial charge in [-0.25, -0.2) is 8.78 Å². The van der Waals surface area contributed by atoms with Crippen molar-refractivity contribution in [1.82, 2.24) is 20.2 Å². The largest absolute Gasteiger partial charge is 0.348 e. The molecule has 2 heterocycles. The number of H-pyrrole nitrogens is 1. The second-order valence-electron chi connectivity index (χ2n) is 10.9. The fourth-order valence-corrected chi connectivity index (χ4v) is 6.83. The number of pyridine rings is 1. The van der Waals surface area contributed by atoms with Crippen LogP contribution in [0.4, 0.5) is 8.78 Å². The Balaban J connectivity index is 1.28. The van der Waals surface area contributed by atoms with Crippen molar-refractivity contribution in [1.29, 1.82) is 0 Å². The van der Waals surface area contributed by atoms with E-state index in [1.165, 1.54) is 11.8 Å². The van der Waals surface area contributed by atoms with Crippen molar-refractivity contribution >= 4 is 28.6 Å². The van der Waals surface area contributed by atoms with Crippen LogP contribution < -0.4 is 16.2 Å². The van der Waals surface area contributed by atoms with Gasteiger partial charge in [0, 0.05) is 70.8 Å². The van der Waals surface area contributed by atoms with Crippen LogP contribution in [0.25, 0.3) is 10.9 Å². The van der Waals surface area contributed by atoms with E-state index in [1.54, 1.807) is 0 Å². The Hall–Kier alpha value is -2.65. The van der Waals surface area contributed by atoms with E-state index in [-0.39, 0.29) is 36.9 Å². The van der Waals surface area contributed by atoms with Crippen LogP contribution in [0.5, 0.6) is 0 Å². The van der Waals surface area contributed by atoms with Crippen molar-refractivity contribution in [2.24, 2.45) is 5.92 Å². The maximum atomic E-state index is 13.5. The molecule has 0 unspecified atom stereocenters. The third kappa shape index (κ3) is 5.54. The number of rotatable bonds is 8. The molecular formula is C29H36F2N4O2S. The Kier molecular flexibility index (Phi) is 7.69. The van der Waals surface area contributed by atoms with Crippen LogP contribution in [0.2, 0.25) is 0 Å². The zero-order chi connectivity index (χ0) is 27.0. The highest BCUT2D eigenvalue weighted by Gasteiger charge is 2.45. The van der Waals surface area contributed by atoms with Crippen molar-refractivity contribution < 1.29 is 13.6 Å². The molecule has 2 aliphatic carbocycles. The zero-order valence-electron chi connectivity index (χ0n) is 22.2. The Morgan fingerprint density at radius 2 is 1.84 bits per heavy atom. The van der Waals surface area contributed by atoms with Crippen LogP contribution in [0.1, 0.15) is 65.8 Å². The molecule has 2 aromatic heterocycles. The van der Waals surface area contributed by atoms with Crippen LogP contribution >= 0.6 is 11.8 Å². The van der Waals surface area contributed by atoms with Gasteiger partial charge in [0.15, 0.2) is 0 Å². The van der Waals surface area contributed by atoms with Crippen molar-refractivity contribution in [3.8, 4) is 0 Å². The normalized spacial score (nSPS) is 21.4. The molecule has 9 heteroatoms. The van der Waals surface area contributed by atoms with Gasteiger partial charge in [-0.3, -0.25) is 9.59 Å². The number of amides is 1. The van der Waals surface area contributed by atoms with Crippen molar-refractivity contribution in [2.75, 3.05) is 6.26 Å². The number of halogens is 2. The molecule has 0 radical (unpaired) electrons. The number of nitrogens with one attached hydrogen (secondary N) is 3. The summed E-state index contributed by atoms with van der Waals surface area (Å²) in [5, 5.41) is 7.33. The lowest BCUT2D eigenvalue weighted by atomic mass is 9.82. The Bertz CT molecular complexity index is 1380. The monoisotopic (exact) mass is 542 g/mol. The first-order valence-corrected chi connectivity index (χ1v) is 14.6. The molecule has 1 amide bonds. The Labute approximate surface area is 226 Å². The van der Waals surface area contributed by atoms with Gasteiger partial charge in [0.2, 0.25) is 0 Å². The smallest absolute Gasteiger partial charge is 0.254 e. The van der Waals surface area contributed by atoms with E-state index in [0.717, 1.165) is 59.4 Å². The molecule has 0 atom stereocenters. The van der Waals surface area contributed by atoms with Crippen molar-refractivity contribution in [3.63, 3.8) is 0 Å². The maximum absolute atomic E-state index is 13.5. The summed E-state index contributed by atoms with van der Waals surface area (Å²) in [6, 6.07) is 10.2. The summed E-state index contributed by atoms with van der Waals surface area (Å²) in [5.41, 5.74) is 3.78. The van der Waals surface area contributed by atoms with Gasteiger partial charge < -0.3 is 20.2 Å². The minimum absolute atomic E-state index is 0.0385. The van der Waals surface area contributed by atoms with Gasteiger partial charge in [-0.2, -0.15) is 0 Å². The van der Waals surface area contributed by atoms with E-state index in [4.69, 9.17) is 0 Å². The average molecular weight is 543 g/mol. The number of para-hydroxylation sites is 1. The second-order valence-corrected chi connectivity index (χ2v) is 11.8. The summed E-state index contributed by atoms with van der Waals surface area (Å²) in [6.45, 7) is 4.82. The lowest BCUT2D eigenvalue weighted by Gasteiger charge is -2.40. The molecular weight excluding hydrogens is 506 g/mol. The predicted molar refractivity (Wildman–Crippen MR) is 148 cm³/mol. The molecule has 3 N–H and O–H groups in total. The summed E-state index contributed by atoms with van der Waals surface area (Å²) in [4.78, 5) is 29.7. The number of aromatic nitrogens is 2. The van der Waals surface area contributed by atoms with Crippen molar-refractivity contribution in [2.45, 2.75) is 88.4 Å². The van der Waals surface area contributed by atoms with Crippen LogP contribution in [-0.2, 0) is 13.1 Å².